The molecule has 0 N–H and O–H groups in total. The van der Waals surface area contributed by atoms with Crippen LogP contribution in [0.25, 0.3) is 0 Å². The Morgan fingerprint density at radius 1 is 1.53 bits per heavy atom. The standard InChI is InChI=1S/C10H13BrF2N2/c1-8-6-14-4-2-9(8)15(5-3-11)7-10(12)13/h2,4,6,10H,3,5,7H2,1H3. The number of anilines is 1. The largest absolute Gasteiger partial charge is 0.365 e. The molecular formula is C10H13BrF2N2. The molecule has 1 aromatic rings. The first-order chi connectivity index (χ1) is 7.15. The van der Waals surface area contributed by atoms with E-state index < -0.39 is 6.43 Å². The van der Waals surface area contributed by atoms with Gasteiger partial charge in [0, 0.05) is 30.0 Å². The summed E-state index contributed by atoms with van der Waals surface area (Å²) in [7, 11) is 0. The van der Waals surface area contributed by atoms with Crippen molar-refractivity contribution in [2.75, 3.05) is 23.3 Å². The van der Waals surface area contributed by atoms with Crippen LogP contribution in [0.5, 0.6) is 0 Å². The predicted octanol–water partition coefficient (Wildman–Crippen LogP) is 2.86. The molecule has 5 heteroatoms. The van der Waals surface area contributed by atoms with Crippen molar-refractivity contribution in [3.63, 3.8) is 0 Å². The summed E-state index contributed by atoms with van der Waals surface area (Å²) in [5.74, 6) is 0. The SMILES string of the molecule is Cc1cnccc1N(CCBr)CC(F)F. The third-order valence-corrected chi connectivity index (χ3v) is 2.40. The van der Waals surface area contributed by atoms with Crippen LogP contribution in [0.3, 0.4) is 0 Å². The van der Waals surface area contributed by atoms with Gasteiger partial charge in [0.25, 0.3) is 6.43 Å². The maximum Gasteiger partial charge on any atom is 0.255 e. The number of halogens is 3. The molecule has 0 aliphatic heterocycles. The van der Waals surface area contributed by atoms with E-state index in [1.807, 2.05) is 6.92 Å². The lowest BCUT2D eigenvalue weighted by Gasteiger charge is -2.24. The number of aromatic nitrogens is 1. The number of aryl methyl sites for hydroxylation is 1. The molecule has 0 saturated heterocycles. The van der Waals surface area contributed by atoms with Gasteiger partial charge in [-0.2, -0.15) is 0 Å². The van der Waals surface area contributed by atoms with Gasteiger partial charge < -0.3 is 4.90 Å². The molecule has 15 heavy (non-hydrogen) atoms. The second-order valence-electron chi connectivity index (χ2n) is 3.19. The normalized spacial score (nSPS) is 10.7. The first-order valence-corrected chi connectivity index (χ1v) is 5.77. The highest BCUT2D eigenvalue weighted by Crippen LogP contribution is 2.19. The third-order valence-electron chi connectivity index (χ3n) is 2.04. The number of rotatable bonds is 5. The molecule has 0 unspecified atom stereocenters. The average molecular weight is 279 g/mol. The summed E-state index contributed by atoms with van der Waals surface area (Å²) < 4.78 is 24.7. The molecule has 0 radical (unpaired) electrons. The molecule has 0 saturated carbocycles. The lowest BCUT2D eigenvalue weighted by Crippen LogP contribution is -2.31. The van der Waals surface area contributed by atoms with Crippen molar-refractivity contribution >= 4 is 21.6 Å². The van der Waals surface area contributed by atoms with Gasteiger partial charge in [0.2, 0.25) is 0 Å². The highest BCUT2D eigenvalue weighted by molar-refractivity contribution is 9.09. The quantitative estimate of drug-likeness (QED) is 0.770. The molecule has 1 aromatic heterocycles. The van der Waals surface area contributed by atoms with Crippen LogP contribution in [0.1, 0.15) is 5.56 Å². The fourth-order valence-corrected chi connectivity index (χ4v) is 1.83. The van der Waals surface area contributed by atoms with Gasteiger partial charge in [-0.3, -0.25) is 4.98 Å². The van der Waals surface area contributed by atoms with Crippen LogP contribution in [-0.2, 0) is 0 Å². The molecule has 1 rings (SSSR count). The van der Waals surface area contributed by atoms with E-state index in [0.29, 0.717) is 11.9 Å². The molecule has 0 atom stereocenters. The van der Waals surface area contributed by atoms with E-state index in [4.69, 9.17) is 0 Å². The summed E-state index contributed by atoms with van der Waals surface area (Å²) in [6.07, 6.45) is 0.980. The smallest absolute Gasteiger partial charge is 0.255 e. The Kier molecular flexibility index (Phi) is 4.94. The Bertz CT molecular complexity index is 307. The fourth-order valence-electron chi connectivity index (χ4n) is 1.40. The number of hydrogen-bond acceptors (Lipinski definition) is 2. The molecule has 0 fully saturated rings. The van der Waals surface area contributed by atoms with Crippen LogP contribution >= 0.6 is 15.9 Å². The van der Waals surface area contributed by atoms with Crippen molar-refractivity contribution in [1.82, 2.24) is 4.98 Å². The predicted molar refractivity (Wildman–Crippen MR) is 61.0 cm³/mol. The molecular weight excluding hydrogens is 266 g/mol. The minimum Gasteiger partial charge on any atom is -0.365 e. The van der Waals surface area contributed by atoms with Crippen molar-refractivity contribution in [2.24, 2.45) is 0 Å². The van der Waals surface area contributed by atoms with E-state index in [2.05, 4.69) is 20.9 Å². The summed E-state index contributed by atoms with van der Waals surface area (Å²) in [5, 5.41) is 0.668. The van der Waals surface area contributed by atoms with Crippen LogP contribution in [0.2, 0.25) is 0 Å². The summed E-state index contributed by atoms with van der Waals surface area (Å²) in [4.78, 5) is 5.60. The number of nitrogens with zero attached hydrogens (tertiary/aromatic N) is 2. The van der Waals surface area contributed by atoms with E-state index in [9.17, 15) is 8.78 Å². The van der Waals surface area contributed by atoms with E-state index in [1.165, 1.54) is 0 Å². The zero-order chi connectivity index (χ0) is 11.3. The molecule has 0 aliphatic carbocycles. The van der Waals surface area contributed by atoms with Crippen LogP contribution in [0, 0.1) is 6.92 Å². The Hall–Kier alpha value is -0.710. The number of hydrogen-bond donors (Lipinski definition) is 0. The molecule has 1 heterocycles. The molecule has 0 amide bonds. The monoisotopic (exact) mass is 278 g/mol. The van der Waals surface area contributed by atoms with Gasteiger partial charge in [-0.05, 0) is 18.6 Å². The van der Waals surface area contributed by atoms with Gasteiger partial charge in [-0.25, -0.2) is 8.78 Å². The van der Waals surface area contributed by atoms with Gasteiger partial charge in [-0.1, -0.05) is 15.9 Å². The van der Waals surface area contributed by atoms with Crippen molar-refractivity contribution in [3.05, 3.63) is 24.0 Å². The maximum atomic E-state index is 12.4. The fraction of sp³-hybridized carbons (Fsp3) is 0.500. The summed E-state index contributed by atoms with van der Waals surface area (Å²) >= 11 is 3.26. The molecule has 0 bridgehead atoms. The van der Waals surface area contributed by atoms with Crippen LogP contribution in [-0.4, -0.2) is 29.8 Å². The zero-order valence-corrected chi connectivity index (χ0v) is 10.0. The molecule has 2 nitrogen and oxygen atoms in total. The van der Waals surface area contributed by atoms with Crippen LogP contribution in [0.15, 0.2) is 18.5 Å². The first kappa shape index (κ1) is 12.4. The number of pyridine rings is 1. The molecule has 0 aliphatic rings. The zero-order valence-electron chi connectivity index (χ0n) is 8.46. The van der Waals surface area contributed by atoms with Crippen LogP contribution in [0.4, 0.5) is 14.5 Å². The lowest BCUT2D eigenvalue weighted by molar-refractivity contribution is 0.155. The molecule has 84 valence electrons. The Morgan fingerprint density at radius 3 is 2.80 bits per heavy atom. The highest BCUT2D eigenvalue weighted by Gasteiger charge is 2.13. The van der Waals surface area contributed by atoms with Gasteiger partial charge >= 0.3 is 0 Å². The summed E-state index contributed by atoms with van der Waals surface area (Å²) in [6, 6.07) is 1.76. The second-order valence-corrected chi connectivity index (χ2v) is 3.98. The third kappa shape index (κ3) is 3.74. The van der Waals surface area contributed by atoms with Gasteiger partial charge in [-0.15, -0.1) is 0 Å². The van der Waals surface area contributed by atoms with E-state index in [-0.39, 0.29) is 6.54 Å². The van der Waals surface area contributed by atoms with Crippen molar-refractivity contribution < 1.29 is 8.78 Å². The summed E-state index contributed by atoms with van der Waals surface area (Å²) in [6.45, 7) is 2.20. The van der Waals surface area contributed by atoms with Crippen molar-refractivity contribution in [1.29, 1.82) is 0 Å². The molecule has 0 aromatic carbocycles. The van der Waals surface area contributed by atoms with E-state index >= 15 is 0 Å². The van der Waals surface area contributed by atoms with Gasteiger partial charge in [0.15, 0.2) is 0 Å². The van der Waals surface area contributed by atoms with Crippen molar-refractivity contribution in [3.8, 4) is 0 Å². The Balaban J connectivity index is 2.83. The Morgan fingerprint density at radius 2 is 2.27 bits per heavy atom. The van der Waals surface area contributed by atoms with Crippen LogP contribution < -0.4 is 4.90 Å². The van der Waals surface area contributed by atoms with Crippen molar-refractivity contribution in [2.45, 2.75) is 13.3 Å². The minimum absolute atomic E-state index is 0.240. The van der Waals surface area contributed by atoms with Gasteiger partial charge in [0.05, 0.1) is 6.54 Å². The maximum absolute atomic E-state index is 12.4. The minimum atomic E-state index is -2.32. The highest BCUT2D eigenvalue weighted by atomic mass is 79.9. The first-order valence-electron chi connectivity index (χ1n) is 4.65. The summed E-state index contributed by atoms with van der Waals surface area (Å²) in [5.41, 5.74) is 1.74. The number of alkyl halides is 3. The van der Waals surface area contributed by atoms with Gasteiger partial charge in [0.1, 0.15) is 0 Å². The van der Waals surface area contributed by atoms with E-state index in [0.717, 1.165) is 11.3 Å². The molecule has 0 spiro atoms. The lowest BCUT2D eigenvalue weighted by atomic mass is 10.2. The Labute approximate surface area is 96.4 Å². The average Bonchev–Trinajstić information content (AvgIpc) is 2.17. The van der Waals surface area contributed by atoms with E-state index in [1.54, 1.807) is 23.4 Å². The second kappa shape index (κ2) is 6.00. The topological polar surface area (TPSA) is 16.1 Å².